The molecule has 0 saturated carbocycles. The van der Waals surface area contributed by atoms with E-state index in [0.29, 0.717) is 5.69 Å². The monoisotopic (exact) mass is 219 g/mol. The maximum Gasteiger partial charge on any atom is 0.419 e. The lowest BCUT2D eigenvalue weighted by Crippen LogP contribution is -2.19. The molecule has 4 heteroatoms. The van der Waals surface area contributed by atoms with Crippen molar-refractivity contribution in [1.82, 2.24) is 0 Å². The Morgan fingerprint density at radius 3 is 2.50 bits per heavy atom. The van der Waals surface area contributed by atoms with Crippen molar-refractivity contribution in [2.45, 2.75) is 13.8 Å². The zero-order valence-electron chi connectivity index (χ0n) is 9.24. The number of hydrogen-bond acceptors (Lipinski definition) is 3. The molecule has 0 unspecified atom stereocenters. The maximum absolute atomic E-state index is 11.3. The van der Waals surface area contributed by atoms with E-state index < -0.39 is 12.1 Å². The van der Waals surface area contributed by atoms with Gasteiger partial charge in [0.1, 0.15) is 0 Å². The van der Waals surface area contributed by atoms with Crippen molar-refractivity contribution >= 4 is 17.7 Å². The Balaban J connectivity index is 2.62. The number of benzene rings is 1. The van der Waals surface area contributed by atoms with Crippen molar-refractivity contribution in [3.8, 4) is 0 Å². The van der Waals surface area contributed by atoms with Gasteiger partial charge in [-0.2, -0.15) is 0 Å². The standard InChI is InChI=1S/C12H13NO3/c1-8(2)11(14)16-12(15)13-10-7-5-4-6-9(10)3/h4-7H,1H2,2-3H3,(H,13,15). The van der Waals surface area contributed by atoms with Crippen molar-refractivity contribution in [3.63, 3.8) is 0 Å². The molecule has 4 nitrogen and oxygen atoms in total. The van der Waals surface area contributed by atoms with Gasteiger partial charge in [0.05, 0.1) is 0 Å². The number of carbonyl (C=O) groups is 2. The van der Waals surface area contributed by atoms with E-state index in [4.69, 9.17) is 0 Å². The quantitative estimate of drug-likeness (QED) is 0.472. The molecule has 0 radical (unpaired) electrons. The van der Waals surface area contributed by atoms with Crippen LogP contribution >= 0.6 is 0 Å². The van der Waals surface area contributed by atoms with E-state index in [9.17, 15) is 9.59 Å². The molecule has 0 aliphatic rings. The molecular weight excluding hydrogens is 206 g/mol. The van der Waals surface area contributed by atoms with Gasteiger partial charge in [0.25, 0.3) is 0 Å². The lowest BCUT2D eigenvalue weighted by atomic mass is 10.2. The molecule has 0 fully saturated rings. The first kappa shape index (κ1) is 12.0. The van der Waals surface area contributed by atoms with Crippen LogP contribution in [0, 0.1) is 6.92 Å². The highest BCUT2D eigenvalue weighted by Crippen LogP contribution is 2.13. The molecule has 84 valence electrons. The van der Waals surface area contributed by atoms with Crippen LogP contribution in [0.2, 0.25) is 0 Å². The summed E-state index contributed by atoms with van der Waals surface area (Å²) >= 11 is 0. The minimum atomic E-state index is -0.803. The number of carbonyl (C=O) groups excluding carboxylic acids is 2. The van der Waals surface area contributed by atoms with E-state index in [0.717, 1.165) is 5.56 Å². The van der Waals surface area contributed by atoms with E-state index in [1.807, 2.05) is 19.1 Å². The number of rotatable bonds is 2. The second-order valence-electron chi connectivity index (χ2n) is 3.40. The average Bonchev–Trinajstić information content (AvgIpc) is 2.21. The van der Waals surface area contributed by atoms with Gasteiger partial charge in [-0.05, 0) is 25.5 Å². The smallest absolute Gasteiger partial charge is 0.373 e. The molecule has 0 spiro atoms. The summed E-state index contributed by atoms with van der Waals surface area (Å²) in [7, 11) is 0. The summed E-state index contributed by atoms with van der Waals surface area (Å²) in [5.74, 6) is -0.730. The largest absolute Gasteiger partial charge is 0.419 e. The molecule has 0 aromatic heterocycles. The zero-order valence-corrected chi connectivity index (χ0v) is 9.24. The second kappa shape index (κ2) is 5.11. The molecule has 1 aromatic rings. The molecule has 0 bridgehead atoms. The van der Waals surface area contributed by atoms with E-state index in [2.05, 4.69) is 16.6 Å². The van der Waals surface area contributed by atoms with Gasteiger partial charge in [-0.3, -0.25) is 5.32 Å². The molecule has 1 amide bonds. The van der Waals surface area contributed by atoms with E-state index in [1.54, 1.807) is 12.1 Å². The van der Waals surface area contributed by atoms with Crippen LogP contribution in [-0.4, -0.2) is 12.1 Å². The van der Waals surface area contributed by atoms with Crippen LogP contribution in [0.1, 0.15) is 12.5 Å². The molecular formula is C12H13NO3. The van der Waals surface area contributed by atoms with Gasteiger partial charge in [0.15, 0.2) is 0 Å². The Hall–Kier alpha value is -2.10. The summed E-state index contributed by atoms with van der Waals surface area (Å²) in [5.41, 5.74) is 1.68. The first-order chi connectivity index (χ1) is 7.50. The Kier molecular flexibility index (Phi) is 3.83. The highest BCUT2D eigenvalue weighted by Gasteiger charge is 2.11. The number of hydrogen-bond donors (Lipinski definition) is 1. The van der Waals surface area contributed by atoms with Crippen molar-refractivity contribution in [3.05, 3.63) is 42.0 Å². The lowest BCUT2D eigenvalue weighted by molar-refractivity contribution is -0.132. The van der Waals surface area contributed by atoms with Crippen molar-refractivity contribution in [1.29, 1.82) is 0 Å². The molecule has 1 aromatic carbocycles. The molecule has 16 heavy (non-hydrogen) atoms. The molecule has 1 rings (SSSR count). The summed E-state index contributed by atoms with van der Waals surface area (Å²) in [4.78, 5) is 22.3. The second-order valence-corrected chi connectivity index (χ2v) is 3.40. The van der Waals surface area contributed by atoms with E-state index in [1.165, 1.54) is 6.92 Å². The molecule has 0 heterocycles. The molecule has 0 atom stereocenters. The summed E-state index contributed by atoms with van der Waals surface area (Å²) in [6.07, 6.45) is -0.803. The fraction of sp³-hybridized carbons (Fsp3) is 0.167. The maximum atomic E-state index is 11.3. The van der Waals surface area contributed by atoms with Crippen LogP contribution in [0.25, 0.3) is 0 Å². The fourth-order valence-electron chi connectivity index (χ4n) is 1.02. The van der Waals surface area contributed by atoms with Crippen LogP contribution in [0.15, 0.2) is 36.4 Å². The number of anilines is 1. The molecule has 1 N–H and O–H groups in total. The number of aryl methyl sites for hydroxylation is 1. The van der Waals surface area contributed by atoms with Gasteiger partial charge < -0.3 is 4.74 Å². The molecule has 0 aliphatic carbocycles. The number of esters is 1. The summed E-state index contributed by atoms with van der Waals surface area (Å²) in [5, 5.41) is 2.47. The summed E-state index contributed by atoms with van der Waals surface area (Å²) in [6, 6.07) is 7.20. The van der Waals surface area contributed by atoms with Gasteiger partial charge in [-0.25, -0.2) is 9.59 Å². The Labute approximate surface area is 93.9 Å². The average molecular weight is 219 g/mol. The van der Waals surface area contributed by atoms with Crippen LogP contribution in [-0.2, 0) is 9.53 Å². The minimum Gasteiger partial charge on any atom is -0.373 e. The first-order valence-electron chi connectivity index (χ1n) is 4.75. The van der Waals surface area contributed by atoms with Gasteiger partial charge >= 0.3 is 12.1 Å². The van der Waals surface area contributed by atoms with E-state index in [-0.39, 0.29) is 5.57 Å². The fourth-order valence-corrected chi connectivity index (χ4v) is 1.02. The van der Waals surface area contributed by atoms with Crippen molar-refractivity contribution in [2.24, 2.45) is 0 Å². The lowest BCUT2D eigenvalue weighted by Gasteiger charge is -2.07. The zero-order chi connectivity index (χ0) is 12.1. The number of ether oxygens (including phenoxy) is 1. The summed E-state index contributed by atoms with van der Waals surface area (Å²) < 4.78 is 4.48. The van der Waals surface area contributed by atoms with Gasteiger partial charge in [0.2, 0.25) is 0 Å². The third-order valence-corrected chi connectivity index (χ3v) is 1.92. The third kappa shape index (κ3) is 3.24. The predicted molar refractivity (Wildman–Crippen MR) is 61.1 cm³/mol. The Morgan fingerprint density at radius 2 is 1.94 bits per heavy atom. The molecule has 0 aliphatic heterocycles. The number of amides is 1. The topological polar surface area (TPSA) is 55.4 Å². The first-order valence-corrected chi connectivity index (χ1v) is 4.75. The van der Waals surface area contributed by atoms with Crippen LogP contribution in [0.5, 0.6) is 0 Å². The van der Waals surface area contributed by atoms with Gasteiger partial charge in [-0.1, -0.05) is 24.8 Å². The highest BCUT2D eigenvalue weighted by atomic mass is 16.6. The third-order valence-electron chi connectivity index (χ3n) is 1.92. The SMILES string of the molecule is C=C(C)C(=O)OC(=O)Nc1ccccc1C. The predicted octanol–water partition coefficient (Wildman–Crippen LogP) is 2.65. The number of para-hydroxylation sites is 1. The van der Waals surface area contributed by atoms with Crippen LogP contribution in [0.4, 0.5) is 10.5 Å². The summed E-state index contributed by atoms with van der Waals surface area (Å²) in [6.45, 7) is 6.70. The van der Waals surface area contributed by atoms with Crippen LogP contribution < -0.4 is 5.32 Å². The highest BCUT2D eigenvalue weighted by molar-refractivity contribution is 5.99. The van der Waals surface area contributed by atoms with Gasteiger partial charge in [-0.15, -0.1) is 0 Å². The van der Waals surface area contributed by atoms with Gasteiger partial charge in [0, 0.05) is 11.3 Å². The molecule has 0 saturated heterocycles. The minimum absolute atomic E-state index is 0.180. The number of nitrogens with one attached hydrogen (secondary N) is 1. The van der Waals surface area contributed by atoms with Crippen molar-refractivity contribution in [2.75, 3.05) is 5.32 Å². The Bertz CT molecular complexity index is 438. The van der Waals surface area contributed by atoms with Crippen LogP contribution in [0.3, 0.4) is 0 Å². The van der Waals surface area contributed by atoms with Crippen molar-refractivity contribution < 1.29 is 14.3 Å². The van der Waals surface area contributed by atoms with E-state index >= 15 is 0 Å². The normalized spacial score (nSPS) is 9.38. The Morgan fingerprint density at radius 1 is 1.31 bits per heavy atom.